The molecule has 2 aromatic rings. The number of hydrogen-bond acceptors (Lipinski definition) is 3. The Bertz CT molecular complexity index is 848. The Morgan fingerprint density at radius 3 is 2.59 bits per heavy atom. The van der Waals surface area contributed by atoms with Crippen LogP contribution in [0.1, 0.15) is 48.8 Å². The van der Waals surface area contributed by atoms with Crippen molar-refractivity contribution in [2.75, 3.05) is 6.54 Å². The first-order chi connectivity index (χ1) is 14.1. The van der Waals surface area contributed by atoms with Gasteiger partial charge in [-0.3, -0.25) is 9.69 Å². The Hall–Kier alpha value is -2.04. The summed E-state index contributed by atoms with van der Waals surface area (Å²) in [6, 6.07) is 15.8. The summed E-state index contributed by atoms with van der Waals surface area (Å²) in [4.78, 5) is 14.7. The van der Waals surface area contributed by atoms with E-state index in [0.717, 1.165) is 45.2 Å². The molecule has 3 nitrogen and oxygen atoms in total. The van der Waals surface area contributed by atoms with Gasteiger partial charge in [0.15, 0.2) is 0 Å². The number of Topliss-reactive ketones (excluding diaryl/α,β-unsaturated/α-hetero) is 1. The maximum atomic E-state index is 13.9. The van der Waals surface area contributed by atoms with Gasteiger partial charge in [0.05, 0.1) is 0 Å². The van der Waals surface area contributed by atoms with Crippen LogP contribution in [0.4, 0.5) is 4.39 Å². The van der Waals surface area contributed by atoms with E-state index >= 15 is 0 Å². The van der Waals surface area contributed by atoms with Gasteiger partial charge < -0.3 is 5.73 Å². The fourth-order valence-corrected chi connectivity index (χ4v) is 4.49. The molecule has 1 saturated carbocycles. The lowest BCUT2D eigenvalue weighted by molar-refractivity contribution is -0.120. The molecule has 0 amide bonds. The van der Waals surface area contributed by atoms with Crippen molar-refractivity contribution in [3.05, 3.63) is 71.0 Å². The smallest absolute Gasteiger partial charge is 0.136 e. The summed E-state index contributed by atoms with van der Waals surface area (Å²) < 4.78 is 13.9. The van der Waals surface area contributed by atoms with Gasteiger partial charge >= 0.3 is 0 Å². The zero-order valence-electron chi connectivity index (χ0n) is 17.0. The minimum Gasteiger partial charge on any atom is -0.327 e. The number of nitrogens with zero attached hydrogens (tertiary/aromatic N) is 1. The van der Waals surface area contributed by atoms with Crippen LogP contribution in [-0.2, 0) is 24.2 Å². The largest absolute Gasteiger partial charge is 0.327 e. The summed E-state index contributed by atoms with van der Waals surface area (Å²) in [5.74, 6) is 0.611. The third-order valence-electron chi connectivity index (χ3n) is 6.45. The second-order valence-electron chi connectivity index (χ2n) is 8.72. The molecule has 1 aliphatic carbocycles. The van der Waals surface area contributed by atoms with Gasteiger partial charge in [0.25, 0.3) is 0 Å². The lowest BCUT2D eigenvalue weighted by Crippen LogP contribution is -2.43. The maximum Gasteiger partial charge on any atom is 0.136 e. The topological polar surface area (TPSA) is 46.3 Å². The monoisotopic (exact) mass is 394 g/mol. The van der Waals surface area contributed by atoms with Crippen LogP contribution in [0.15, 0.2) is 48.5 Å². The lowest BCUT2D eigenvalue weighted by atomic mass is 9.90. The molecule has 0 spiro atoms. The van der Waals surface area contributed by atoms with Crippen molar-refractivity contribution < 1.29 is 9.18 Å². The number of nitrogens with two attached hydrogens (primary N) is 1. The predicted molar refractivity (Wildman–Crippen MR) is 114 cm³/mol. The first kappa shape index (κ1) is 20.2. The normalized spacial score (nSPS) is 20.3. The van der Waals surface area contributed by atoms with E-state index in [9.17, 15) is 9.18 Å². The van der Waals surface area contributed by atoms with Gasteiger partial charge in [-0.05, 0) is 61.3 Å². The average Bonchev–Trinajstić information content (AvgIpc) is 3.57. The summed E-state index contributed by atoms with van der Waals surface area (Å²) in [6.07, 6.45) is 6.16. The molecule has 0 aromatic heterocycles. The van der Waals surface area contributed by atoms with Crippen molar-refractivity contribution in [2.45, 2.75) is 63.6 Å². The van der Waals surface area contributed by atoms with Gasteiger partial charge in [-0.15, -0.1) is 0 Å². The Balaban J connectivity index is 1.37. The highest BCUT2D eigenvalue weighted by Gasteiger charge is 2.31. The molecule has 2 N–H and O–H groups in total. The van der Waals surface area contributed by atoms with Crippen molar-refractivity contribution in [3.8, 4) is 0 Å². The summed E-state index contributed by atoms with van der Waals surface area (Å²) in [5, 5.41) is 0. The van der Waals surface area contributed by atoms with Crippen LogP contribution in [-0.4, -0.2) is 29.3 Å². The highest BCUT2D eigenvalue weighted by molar-refractivity contribution is 5.83. The lowest BCUT2D eigenvalue weighted by Gasteiger charge is -2.37. The molecule has 4 rings (SSSR count). The molecule has 0 bridgehead atoms. The van der Waals surface area contributed by atoms with Crippen LogP contribution in [0.25, 0.3) is 0 Å². The van der Waals surface area contributed by atoms with Crippen molar-refractivity contribution >= 4 is 5.78 Å². The van der Waals surface area contributed by atoms with E-state index in [0.29, 0.717) is 36.1 Å². The van der Waals surface area contributed by atoms with Gasteiger partial charge in [-0.1, -0.05) is 42.5 Å². The van der Waals surface area contributed by atoms with Crippen molar-refractivity contribution in [3.63, 3.8) is 0 Å². The van der Waals surface area contributed by atoms with Crippen LogP contribution in [0.2, 0.25) is 0 Å². The van der Waals surface area contributed by atoms with E-state index in [1.807, 2.05) is 12.1 Å². The van der Waals surface area contributed by atoms with Crippen LogP contribution in [0.5, 0.6) is 0 Å². The summed E-state index contributed by atoms with van der Waals surface area (Å²) in [7, 11) is 0. The molecule has 1 heterocycles. The third kappa shape index (κ3) is 5.31. The number of fused-ring (bicyclic) bond motifs is 1. The SMILES string of the molecule is N[C@@H](CCN1Cc2ccccc2C[C@H]1CCC(=O)C1CC1)Cc1ccccc1F. The highest BCUT2D eigenvalue weighted by atomic mass is 19.1. The van der Waals surface area contributed by atoms with Gasteiger partial charge in [0.1, 0.15) is 11.6 Å². The number of carbonyl (C=O) groups is 1. The van der Waals surface area contributed by atoms with Gasteiger partial charge in [0, 0.05) is 37.5 Å². The Morgan fingerprint density at radius 2 is 1.83 bits per heavy atom. The molecule has 1 fully saturated rings. The minimum atomic E-state index is -0.175. The molecule has 0 radical (unpaired) electrons. The number of rotatable bonds is 9. The van der Waals surface area contributed by atoms with E-state index in [4.69, 9.17) is 5.73 Å². The van der Waals surface area contributed by atoms with E-state index in [1.165, 1.54) is 17.2 Å². The molecular formula is C25H31FN2O. The average molecular weight is 395 g/mol. The predicted octanol–water partition coefficient (Wildman–Crippen LogP) is 4.27. The van der Waals surface area contributed by atoms with Crippen LogP contribution < -0.4 is 5.73 Å². The summed E-state index contributed by atoms with van der Waals surface area (Å²) in [5.41, 5.74) is 9.83. The number of halogens is 1. The van der Waals surface area contributed by atoms with Gasteiger partial charge in [-0.25, -0.2) is 4.39 Å². The maximum absolute atomic E-state index is 13.9. The second-order valence-corrected chi connectivity index (χ2v) is 8.72. The minimum absolute atomic E-state index is 0.0715. The zero-order chi connectivity index (χ0) is 20.2. The van der Waals surface area contributed by atoms with E-state index in [2.05, 4.69) is 29.2 Å². The van der Waals surface area contributed by atoms with E-state index in [-0.39, 0.29) is 11.9 Å². The summed E-state index contributed by atoms with van der Waals surface area (Å²) in [6.45, 7) is 1.79. The zero-order valence-corrected chi connectivity index (χ0v) is 17.0. The quantitative estimate of drug-likeness (QED) is 0.691. The number of carbonyl (C=O) groups excluding carboxylic acids is 1. The standard InChI is InChI=1S/C25H31FN2O/c26-24-8-4-3-6-20(24)15-22(27)13-14-28-17-21-7-2-1-5-19(21)16-23(28)11-12-25(29)18-9-10-18/h1-8,18,22-23H,9-17,27H2/t22-,23+/m0/s1. The molecule has 2 aromatic carbocycles. The number of benzene rings is 2. The van der Waals surface area contributed by atoms with Crippen molar-refractivity contribution in [1.29, 1.82) is 0 Å². The number of hydrogen-bond donors (Lipinski definition) is 1. The molecule has 29 heavy (non-hydrogen) atoms. The highest BCUT2D eigenvalue weighted by Crippen LogP contribution is 2.33. The van der Waals surface area contributed by atoms with Gasteiger partial charge in [-0.2, -0.15) is 0 Å². The molecule has 0 saturated heterocycles. The number of ketones is 1. The molecular weight excluding hydrogens is 363 g/mol. The third-order valence-corrected chi connectivity index (χ3v) is 6.45. The first-order valence-electron chi connectivity index (χ1n) is 10.9. The molecule has 154 valence electrons. The Morgan fingerprint density at radius 1 is 1.10 bits per heavy atom. The van der Waals surface area contributed by atoms with Gasteiger partial charge in [0.2, 0.25) is 0 Å². The first-order valence-corrected chi connectivity index (χ1v) is 10.9. The molecule has 2 aliphatic rings. The Kier molecular flexibility index (Phi) is 6.41. The second kappa shape index (κ2) is 9.19. The molecule has 1 aliphatic heterocycles. The fraction of sp³-hybridized carbons (Fsp3) is 0.480. The van der Waals surface area contributed by atoms with Crippen LogP contribution in [0.3, 0.4) is 0 Å². The van der Waals surface area contributed by atoms with Crippen LogP contribution in [0, 0.1) is 11.7 Å². The fourth-order valence-electron chi connectivity index (χ4n) is 4.49. The van der Waals surface area contributed by atoms with Crippen LogP contribution >= 0.6 is 0 Å². The molecule has 0 unspecified atom stereocenters. The Labute approximate surface area is 173 Å². The summed E-state index contributed by atoms with van der Waals surface area (Å²) >= 11 is 0. The van der Waals surface area contributed by atoms with Crippen molar-refractivity contribution in [2.24, 2.45) is 11.7 Å². The molecule has 2 atom stereocenters. The molecule has 4 heteroatoms. The van der Waals surface area contributed by atoms with Crippen molar-refractivity contribution in [1.82, 2.24) is 4.90 Å². The van der Waals surface area contributed by atoms with E-state index in [1.54, 1.807) is 6.07 Å². The van der Waals surface area contributed by atoms with E-state index < -0.39 is 0 Å².